The highest BCUT2D eigenvalue weighted by Crippen LogP contribution is 2.30. The molecule has 0 bridgehead atoms. The van der Waals surface area contributed by atoms with E-state index in [0.29, 0.717) is 24.7 Å². The van der Waals surface area contributed by atoms with E-state index in [4.69, 9.17) is 18.9 Å². The molecule has 2 aromatic carbocycles. The van der Waals surface area contributed by atoms with E-state index in [0.717, 1.165) is 5.56 Å². The number of nitrogens with zero attached hydrogens (tertiary/aromatic N) is 1. The maximum atomic E-state index is 13.1. The van der Waals surface area contributed by atoms with Crippen LogP contribution in [0.4, 0.5) is 0 Å². The van der Waals surface area contributed by atoms with Gasteiger partial charge in [-0.1, -0.05) is 6.07 Å². The van der Waals surface area contributed by atoms with E-state index in [1.54, 1.807) is 19.2 Å². The summed E-state index contributed by atoms with van der Waals surface area (Å²) in [6.45, 7) is 3.04. The molecule has 32 heavy (non-hydrogen) atoms. The van der Waals surface area contributed by atoms with Crippen LogP contribution in [0.25, 0.3) is 0 Å². The molecule has 1 fully saturated rings. The van der Waals surface area contributed by atoms with Gasteiger partial charge >= 0.3 is 0 Å². The second-order valence-electron chi connectivity index (χ2n) is 7.19. The van der Waals surface area contributed by atoms with E-state index in [1.807, 2.05) is 13.0 Å². The van der Waals surface area contributed by atoms with E-state index in [-0.39, 0.29) is 35.3 Å². The Kier molecular flexibility index (Phi) is 7.60. The van der Waals surface area contributed by atoms with Crippen LogP contribution in [-0.2, 0) is 14.8 Å². The number of amides is 1. The molecule has 9 nitrogen and oxygen atoms in total. The summed E-state index contributed by atoms with van der Waals surface area (Å²) in [4.78, 5) is 13.1. The molecule has 1 aliphatic rings. The number of rotatable bonds is 8. The van der Waals surface area contributed by atoms with Gasteiger partial charge in [0.1, 0.15) is 5.75 Å². The Morgan fingerprint density at radius 2 is 1.59 bits per heavy atom. The third kappa shape index (κ3) is 4.98. The van der Waals surface area contributed by atoms with Crippen molar-refractivity contribution in [1.29, 1.82) is 0 Å². The molecule has 3 rings (SSSR count). The smallest absolute Gasteiger partial charge is 0.255 e. The second-order valence-corrected chi connectivity index (χ2v) is 9.13. The lowest BCUT2D eigenvalue weighted by atomic mass is 10.1. The average molecular weight is 465 g/mol. The van der Waals surface area contributed by atoms with Crippen molar-refractivity contribution in [2.45, 2.75) is 17.9 Å². The van der Waals surface area contributed by atoms with Crippen molar-refractivity contribution in [2.75, 3.05) is 47.6 Å². The molecule has 174 valence electrons. The predicted molar refractivity (Wildman–Crippen MR) is 118 cm³/mol. The zero-order chi connectivity index (χ0) is 23.3. The van der Waals surface area contributed by atoms with Crippen LogP contribution in [0.15, 0.2) is 41.3 Å². The third-order valence-corrected chi connectivity index (χ3v) is 7.17. The van der Waals surface area contributed by atoms with Crippen LogP contribution >= 0.6 is 0 Å². The van der Waals surface area contributed by atoms with E-state index in [1.165, 1.54) is 36.7 Å². The van der Waals surface area contributed by atoms with E-state index < -0.39 is 15.9 Å². The molecule has 1 atom stereocenters. The fourth-order valence-electron chi connectivity index (χ4n) is 3.44. The first-order chi connectivity index (χ1) is 15.3. The number of carbonyl (C=O) groups is 1. The number of sulfonamides is 1. The van der Waals surface area contributed by atoms with Crippen molar-refractivity contribution < 1.29 is 32.2 Å². The van der Waals surface area contributed by atoms with Crippen molar-refractivity contribution in [3.8, 4) is 17.2 Å². The Hall–Kier alpha value is -2.82. The largest absolute Gasteiger partial charge is 0.496 e. The van der Waals surface area contributed by atoms with Gasteiger partial charge in [-0.3, -0.25) is 4.79 Å². The Labute approximate surface area is 188 Å². The van der Waals surface area contributed by atoms with E-state index in [9.17, 15) is 13.2 Å². The Morgan fingerprint density at radius 1 is 0.969 bits per heavy atom. The van der Waals surface area contributed by atoms with Crippen molar-refractivity contribution >= 4 is 15.9 Å². The summed E-state index contributed by atoms with van der Waals surface area (Å²) < 4.78 is 48.5. The van der Waals surface area contributed by atoms with Crippen LogP contribution in [0.5, 0.6) is 17.2 Å². The molecule has 1 aliphatic heterocycles. The third-order valence-electron chi connectivity index (χ3n) is 5.28. The Balaban J connectivity index is 1.86. The monoisotopic (exact) mass is 464 g/mol. The molecule has 0 spiro atoms. The van der Waals surface area contributed by atoms with Crippen LogP contribution < -0.4 is 19.5 Å². The molecular formula is C22H28N2O7S. The zero-order valence-electron chi connectivity index (χ0n) is 18.6. The van der Waals surface area contributed by atoms with Gasteiger partial charge in [0, 0.05) is 13.1 Å². The van der Waals surface area contributed by atoms with Crippen molar-refractivity contribution in [3.63, 3.8) is 0 Å². The van der Waals surface area contributed by atoms with Gasteiger partial charge in [0.25, 0.3) is 5.91 Å². The fraction of sp³-hybridized carbons (Fsp3) is 0.409. The van der Waals surface area contributed by atoms with Gasteiger partial charge < -0.3 is 24.3 Å². The minimum Gasteiger partial charge on any atom is -0.496 e. The lowest BCUT2D eigenvalue weighted by Gasteiger charge is -2.26. The maximum absolute atomic E-state index is 13.1. The predicted octanol–water partition coefficient (Wildman–Crippen LogP) is 2.22. The van der Waals surface area contributed by atoms with Crippen molar-refractivity contribution in [2.24, 2.45) is 0 Å². The number of ether oxygens (including phenoxy) is 4. The number of morpholine rings is 1. The zero-order valence-corrected chi connectivity index (χ0v) is 19.4. The summed E-state index contributed by atoms with van der Waals surface area (Å²) in [7, 11) is 0.764. The van der Waals surface area contributed by atoms with Crippen LogP contribution in [0.1, 0.15) is 28.9 Å². The molecule has 2 aromatic rings. The Morgan fingerprint density at radius 3 is 2.22 bits per heavy atom. The Bertz CT molecular complexity index is 1070. The highest BCUT2D eigenvalue weighted by atomic mass is 32.2. The molecule has 0 aromatic heterocycles. The first-order valence-electron chi connectivity index (χ1n) is 10.1. The quantitative estimate of drug-likeness (QED) is 0.639. The molecule has 0 unspecified atom stereocenters. The van der Waals surface area contributed by atoms with Crippen molar-refractivity contribution in [1.82, 2.24) is 9.62 Å². The van der Waals surface area contributed by atoms with Gasteiger partial charge in [0.2, 0.25) is 10.0 Å². The van der Waals surface area contributed by atoms with Crippen LogP contribution in [-0.4, -0.2) is 66.3 Å². The fourth-order valence-corrected chi connectivity index (χ4v) is 4.88. The van der Waals surface area contributed by atoms with Crippen molar-refractivity contribution in [3.05, 3.63) is 47.5 Å². The molecule has 0 saturated carbocycles. The minimum atomic E-state index is -3.75. The molecule has 1 N–H and O–H groups in total. The number of hydrogen-bond donors (Lipinski definition) is 1. The summed E-state index contributed by atoms with van der Waals surface area (Å²) in [5.74, 6) is 0.950. The summed E-state index contributed by atoms with van der Waals surface area (Å²) >= 11 is 0. The van der Waals surface area contributed by atoms with Gasteiger partial charge in [0.05, 0.1) is 51.0 Å². The number of carbonyl (C=O) groups excluding carboxylic acids is 1. The number of hydrogen-bond acceptors (Lipinski definition) is 7. The van der Waals surface area contributed by atoms with Crippen LogP contribution in [0.2, 0.25) is 0 Å². The average Bonchev–Trinajstić information content (AvgIpc) is 2.83. The maximum Gasteiger partial charge on any atom is 0.255 e. The first-order valence-corrected chi connectivity index (χ1v) is 11.5. The lowest BCUT2D eigenvalue weighted by molar-refractivity contribution is 0.0730. The lowest BCUT2D eigenvalue weighted by Crippen LogP contribution is -2.40. The minimum absolute atomic E-state index is 0.0316. The van der Waals surface area contributed by atoms with Gasteiger partial charge in [-0.05, 0) is 42.8 Å². The van der Waals surface area contributed by atoms with Crippen LogP contribution in [0, 0.1) is 0 Å². The summed E-state index contributed by atoms with van der Waals surface area (Å²) in [5, 5.41) is 2.89. The van der Waals surface area contributed by atoms with E-state index >= 15 is 0 Å². The summed E-state index contributed by atoms with van der Waals surface area (Å²) in [5.41, 5.74) is 0.932. The normalized spacial score (nSPS) is 15.6. The molecule has 10 heteroatoms. The van der Waals surface area contributed by atoms with Gasteiger partial charge in [0.15, 0.2) is 11.5 Å². The summed E-state index contributed by atoms with van der Waals surface area (Å²) in [6.07, 6.45) is 0. The molecule has 1 heterocycles. The van der Waals surface area contributed by atoms with Gasteiger partial charge in [-0.2, -0.15) is 4.31 Å². The van der Waals surface area contributed by atoms with Gasteiger partial charge in [-0.25, -0.2) is 8.42 Å². The molecule has 1 amide bonds. The highest BCUT2D eigenvalue weighted by Gasteiger charge is 2.28. The van der Waals surface area contributed by atoms with Crippen LogP contribution in [0.3, 0.4) is 0 Å². The number of methoxy groups -OCH3 is 3. The number of nitrogens with one attached hydrogen (secondary N) is 1. The molecule has 0 aliphatic carbocycles. The standard InChI is InChI=1S/C22H28N2O7S/c1-15(16-5-7-20(29-3)21(13-16)30-4)23-22(25)18-14-17(6-8-19(18)28-2)32(26,27)24-9-11-31-12-10-24/h5-8,13-15H,9-12H2,1-4H3,(H,23,25)/t15-/m1/s1. The van der Waals surface area contributed by atoms with Gasteiger partial charge in [-0.15, -0.1) is 0 Å². The second kappa shape index (κ2) is 10.2. The van der Waals surface area contributed by atoms with E-state index in [2.05, 4.69) is 5.32 Å². The molecule has 0 radical (unpaired) electrons. The molecule has 1 saturated heterocycles. The topological polar surface area (TPSA) is 103 Å². The SMILES string of the molecule is COc1ccc([C@@H](C)NC(=O)c2cc(S(=O)(=O)N3CCOCC3)ccc2OC)cc1OC. The molecular weight excluding hydrogens is 436 g/mol. The highest BCUT2D eigenvalue weighted by molar-refractivity contribution is 7.89. The number of benzene rings is 2. The first kappa shape index (κ1) is 23.8. The summed E-state index contributed by atoms with van der Waals surface area (Å²) in [6, 6.07) is 9.25.